The van der Waals surface area contributed by atoms with Crippen molar-refractivity contribution in [2.75, 3.05) is 0 Å². The molecule has 88 valence electrons. The largest absolute Gasteiger partial charge is 2.00 e. The molecule has 0 bridgehead atoms. The van der Waals surface area contributed by atoms with E-state index in [0.717, 1.165) is 6.54 Å². The summed E-state index contributed by atoms with van der Waals surface area (Å²) in [6, 6.07) is 18.4. The van der Waals surface area contributed by atoms with E-state index in [2.05, 4.69) is 33.8 Å². The molecule has 3 rings (SSSR count). The molecule has 2 nitrogen and oxygen atoms in total. The first-order valence-electron chi connectivity index (χ1n) is 5.34. The Kier molecular flexibility index (Phi) is 6.08. The Hall–Kier alpha value is -1.57. The van der Waals surface area contributed by atoms with Crippen molar-refractivity contribution >= 4 is 0 Å². The van der Waals surface area contributed by atoms with Crippen LogP contribution in [0.1, 0.15) is 5.56 Å². The number of aromatic nitrogens is 2. The van der Waals surface area contributed by atoms with Crippen LogP contribution < -0.4 is 4.57 Å². The van der Waals surface area contributed by atoms with Gasteiger partial charge in [0.2, 0.25) is 6.33 Å². The monoisotopic (exact) mass is 267 g/mol. The van der Waals surface area contributed by atoms with E-state index in [-0.39, 0.29) is 17.1 Å². The molecule has 0 aliphatic carbocycles. The molecule has 3 heteroatoms. The quantitative estimate of drug-likeness (QED) is 0.418. The summed E-state index contributed by atoms with van der Waals surface area (Å²) in [7, 11) is 0. The van der Waals surface area contributed by atoms with Gasteiger partial charge in [0.05, 0.1) is 6.54 Å². The molecule has 0 spiro atoms. The maximum atomic E-state index is 3.01. The number of imidazole rings is 1. The molecule has 0 radical (unpaired) electrons. The van der Waals surface area contributed by atoms with Crippen LogP contribution in [-0.2, 0) is 23.6 Å². The van der Waals surface area contributed by atoms with Crippen LogP contribution in [0.5, 0.6) is 0 Å². The smallest absolute Gasteiger partial charge is 0.250 e. The second-order valence-corrected chi connectivity index (χ2v) is 3.54. The van der Waals surface area contributed by atoms with Gasteiger partial charge in [-0.05, 0) is 0 Å². The molecule has 0 atom stereocenters. The summed E-state index contributed by atoms with van der Waals surface area (Å²) >= 11 is 0. The minimum Gasteiger partial charge on any atom is -0.250 e. The molecule has 3 aromatic rings. The summed E-state index contributed by atoms with van der Waals surface area (Å²) in [6.07, 6.45) is 5.89. The first-order valence-corrected chi connectivity index (χ1v) is 5.34. The SMILES string of the molecule is [Fe+2].c1c[cH-]c(C[n+]2cc[nH]c2)c1.c1cc[cH-]c1. The Bertz CT molecular complexity index is 403. The maximum absolute atomic E-state index is 3.01. The van der Waals surface area contributed by atoms with Crippen LogP contribution >= 0.6 is 0 Å². The fraction of sp³-hybridized carbons (Fsp3) is 0.0714. The van der Waals surface area contributed by atoms with Crippen LogP contribution in [0.25, 0.3) is 0 Å². The third-order valence-corrected chi connectivity index (χ3v) is 2.26. The third kappa shape index (κ3) is 4.85. The Balaban J connectivity index is 0.000000205. The molecule has 17 heavy (non-hydrogen) atoms. The summed E-state index contributed by atoms with van der Waals surface area (Å²) in [5.74, 6) is 0. The standard InChI is InChI=1S/C9H9N2.C5H5.Fe/c1-2-4-9(3-1)7-11-6-5-10-8-11;1-2-4-5-3-1;/h1-6,8H,7H2;1-5H;/q2*-1;+2/p+1. The van der Waals surface area contributed by atoms with Crippen LogP contribution in [-0.4, -0.2) is 4.98 Å². The van der Waals surface area contributed by atoms with Crippen LogP contribution in [0.4, 0.5) is 0 Å². The fourth-order valence-electron chi connectivity index (χ4n) is 1.47. The number of hydrogen-bond acceptors (Lipinski definition) is 0. The van der Waals surface area contributed by atoms with E-state index in [1.165, 1.54) is 5.56 Å². The van der Waals surface area contributed by atoms with Crippen molar-refractivity contribution in [3.63, 3.8) is 0 Å². The zero-order valence-electron chi connectivity index (χ0n) is 9.44. The van der Waals surface area contributed by atoms with Gasteiger partial charge in [0.15, 0.2) is 0 Å². The molecule has 0 saturated heterocycles. The second-order valence-electron chi connectivity index (χ2n) is 3.54. The van der Waals surface area contributed by atoms with Crippen LogP contribution in [0.15, 0.2) is 73.3 Å². The van der Waals surface area contributed by atoms with Crippen molar-refractivity contribution in [2.45, 2.75) is 6.54 Å². The average Bonchev–Trinajstić information content (AvgIpc) is 3.05. The molecule has 2 aromatic carbocycles. The fourth-order valence-corrected chi connectivity index (χ4v) is 1.47. The second kappa shape index (κ2) is 7.66. The van der Waals surface area contributed by atoms with Crippen LogP contribution in [0.3, 0.4) is 0 Å². The molecule has 0 saturated carbocycles. The maximum Gasteiger partial charge on any atom is 2.00 e. The van der Waals surface area contributed by atoms with Gasteiger partial charge in [-0.1, -0.05) is 0 Å². The van der Waals surface area contributed by atoms with Crippen molar-refractivity contribution in [3.05, 3.63) is 78.9 Å². The Morgan fingerprint density at radius 2 is 1.94 bits per heavy atom. The number of H-pyrrole nitrogens is 1. The number of hydrogen-bond donors (Lipinski definition) is 1. The van der Waals surface area contributed by atoms with Crippen LogP contribution in [0, 0.1) is 0 Å². The number of rotatable bonds is 2. The van der Waals surface area contributed by atoms with E-state index < -0.39 is 0 Å². The summed E-state index contributed by atoms with van der Waals surface area (Å²) < 4.78 is 2.11. The van der Waals surface area contributed by atoms with Crippen LogP contribution in [0.2, 0.25) is 0 Å². The van der Waals surface area contributed by atoms with Gasteiger partial charge < -0.3 is 0 Å². The summed E-state index contributed by atoms with van der Waals surface area (Å²) in [5.41, 5.74) is 1.34. The molecule has 1 heterocycles. The number of nitrogens with zero attached hydrogens (tertiary/aromatic N) is 1. The predicted octanol–water partition coefficient (Wildman–Crippen LogP) is 2.47. The number of nitrogens with one attached hydrogen (secondary N) is 1. The van der Waals surface area contributed by atoms with E-state index in [4.69, 9.17) is 0 Å². The van der Waals surface area contributed by atoms with Crippen molar-refractivity contribution in [3.8, 4) is 0 Å². The zero-order chi connectivity index (χ0) is 11.1. The summed E-state index contributed by atoms with van der Waals surface area (Å²) in [4.78, 5) is 3.01. The van der Waals surface area contributed by atoms with Crippen molar-refractivity contribution in [1.29, 1.82) is 0 Å². The average molecular weight is 267 g/mol. The van der Waals surface area contributed by atoms with Crippen molar-refractivity contribution in [2.24, 2.45) is 0 Å². The Morgan fingerprint density at radius 3 is 2.41 bits per heavy atom. The van der Waals surface area contributed by atoms with Gasteiger partial charge in [-0.15, -0.1) is 5.56 Å². The molecule has 0 aliphatic heterocycles. The molecule has 0 amide bonds. The molecule has 1 N–H and O–H groups in total. The molecule has 0 aliphatic rings. The first kappa shape index (κ1) is 13.5. The minimum atomic E-state index is 0. The van der Waals surface area contributed by atoms with Crippen molar-refractivity contribution < 1.29 is 21.6 Å². The van der Waals surface area contributed by atoms with E-state index in [9.17, 15) is 0 Å². The Labute approximate surface area is 112 Å². The summed E-state index contributed by atoms with van der Waals surface area (Å²) in [5, 5.41) is 0. The molecular formula is C14H15FeN2+. The van der Waals surface area contributed by atoms with E-state index in [0.29, 0.717) is 0 Å². The molecule has 0 unspecified atom stereocenters. The zero-order valence-corrected chi connectivity index (χ0v) is 10.5. The van der Waals surface area contributed by atoms with Gasteiger partial charge in [0, 0.05) is 0 Å². The van der Waals surface area contributed by atoms with Gasteiger partial charge in [-0.2, -0.15) is 30.3 Å². The van der Waals surface area contributed by atoms with Gasteiger partial charge in [-0.3, -0.25) is 4.98 Å². The van der Waals surface area contributed by atoms with E-state index in [1.807, 2.05) is 49.1 Å². The summed E-state index contributed by atoms with van der Waals surface area (Å²) in [6.45, 7) is 0.955. The minimum absolute atomic E-state index is 0. The molecular weight excluding hydrogens is 252 g/mol. The first-order chi connectivity index (χ1) is 7.95. The Morgan fingerprint density at radius 1 is 1.12 bits per heavy atom. The molecule has 1 aromatic heterocycles. The van der Waals surface area contributed by atoms with Gasteiger partial charge in [0.1, 0.15) is 12.4 Å². The van der Waals surface area contributed by atoms with Crippen molar-refractivity contribution in [1.82, 2.24) is 4.98 Å². The topological polar surface area (TPSA) is 19.7 Å². The van der Waals surface area contributed by atoms with Gasteiger partial charge in [-0.25, -0.2) is 28.8 Å². The number of aromatic amines is 1. The predicted molar refractivity (Wildman–Crippen MR) is 64.2 cm³/mol. The normalized spacial score (nSPS) is 8.94. The van der Waals surface area contributed by atoms with Gasteiger partial charge >= 0.3 is 17.1 Å². The van der Waals surface area contributed by atoms with Gasteiger partial charge in [0.25, 0.3) is 0 Å². The molecule has 0 fully saturated rings. The third-order valence-electron chi connectivity index (χ3n) is 2.26. The van der Waals surface area contributed by atoms with E-state index >= 15 is 0 Å². The van der Waals surface area contributed by atoms with E-state index in [1.54, 1.807) is 0 Å².